The normalized spacial score (nSPS) is 19.7. The topological polar surface area (TPSA) is 53.1 Å². The van der Waals surface area contributed by atoms with Crippen LogP contribution in [-0.2, 0) is 4.79 Å². The lowest BCUT2D eigenvalue weighted by Crippen LogP contribution is -2.51. The number of carbonyl (C=O) groups is 2. The quantitative estimate of drug-likeness (QED) is 0.485. The molecule has 0 radical (unpaired) electrons. The second-order valence-corrected chi connectivity index (χ2v) is 10.2. The molecule has 2 atom stereocenters. The second-order valence-electron chi connectivity index (χ2n) is 9.77. The third-order valence-corrected chi connectivity index (χ3v) is 7.95. The van der Waals surface area contributed by atoms with E-state index in [4.69, 9.17) is 16.3 Å². The number of rotatable bonds is 5. The first kappa shape index (κ1) is 25.2. The number of benzene rings is 3. The van der Waals surface area contributed by atoms with E-state index in [2.05, 4.69) is 30.0 Å². The fraction of sp³-hybridized carbons (Fsp3) is 0.333. The average molecular weight is 518 g/mol. The predicted octanol–water partition coefficient (Wildman–Crippen LogP) is 4.86. The number of likely N-dealkylation sites (tertiary alicyclic amines) is 1. The highest BCUT2D eigenvalue weighted by atomic mass is 35.5. The molecule has 5 rings (SSSR count). The van der Waals surface area contributed by atoms with Crippen molar-refractivity contribution in [2.45, 2.75) is 12.8 Å². The summed E-state index contributed by atoms with van der Waals surface area (Å²) in [7, 11) is 1.64. The summed E-state index contributed by atoms with van der Waals surface area (Å²) in [5.74, 6) is 0.327. The Bertz CT molecular complexity index is 1270. The number of piperazine rings is 1. The van der Waals surface area contributed by atoms with Gasteiger partial charge in [0.15, 0.2) is 0 Å². The zero-order valence-corrected chi connectivity index (χ0v) is 22.0. The first-order chi connectivity index (χ1) is 18.0. The molecule has 2 heterocycles. The summed E-state index contributed by atoms with van der Waals surface area (Å²) < 4.78 is 5.33. The van der Waals surface area contributed by atoms with E-state index >= 15 is 0 Å². The minimum absolute atomic E-state index is 0.0979. The van der Waals surface area contributed by atoms with E-state index in [0.717, 1.165) is 24.4 Å². The lowest BCUT2D eigenvalue weighted by Gasteiger charge is -2.38. The van der Waals surface area contributed by atoms with E-state index in [-0.39, 0.29) is 23.7 Å². The lowest BCUT2D eigenvalue weighted by molar-refractivity contribution is -0.135. The number of ether oxygens (including phenoxy) is 1. The molecular formula is C30H32ClN3O3. The van der Waals surface area contributed by atoms with Gasteiger partial charge in [-0.15, -0.1) is 0 Å². The van der Waals surface area contributed by atoms with E-state index < -0.39 is 0 Å². The number of methoxy groups -OCH3 is 1. The Balaban J connectivity index is 1.35. The third kappa shape index (κ3) is 5.16. The molecule has 192 valence electrons. The van der Waals surface area contributed by atoms with Crippen LogP contribution in [0.2, 0.25) is 5.02 Å². The molecule has 0 saturated carbocycles. The van der Waals surface area contributed by atoms with Crippen LogP contribution in [0.25, 0.3) is 0 Å². The Kier molecular flexibility index (Phi) is 7.38. The Morgan fingerprint density at radius 3 is 2.19 bits per heavy atom. The molecule has 2 aliphatic rings. The second kappa shape index (κ2) is 10.9. The monoisotopic (exact) mass is 517 g/mol. The van der Waals surface area contributed by atoms with Gasteiger partial charge >= 0.3 is 0 Å². The van der Waals surface area contributed by atoms with Gasteiger partial charge in [-0.05, 0) is 48.4 Å². The highest BCUT2D eigenvalue weighted by Gasteiger charge is 2.43. The van der Waals surface area contributed by atoms with Gasteiger partial charge in [0, 0.05) is 50.9 Å². The maximum Gasteiger partial charge on any atom is 0.255 e. The lowest BCUT2D eigenvalue weighted by atomic mass is 9.87. The maximum atomic E-state index is 13.9. The van der Waals surface area contributed by atoms with Gasteiger partial charge in [-0.1, -0.05) is 54.1 Å². The summed E-state index contributed by atoms with van der Waals surface area (Å²) >= 11 is 6.34. The molecule has 2 saturated heterocycles. The van der Waals surface area contributed by atoms with Crippen molar-refractivity contribution in [1.29, 1.82) is 0 Å². The molecule has 3 aromatic carbocycles. The predicted molar refractivity (Wildman–Crippen MR) is 147 cm³/mol. The molecule has 0 spiro atoms. The van der Waals surface area contributed by atoms with Gasteiger partial charge < -0.3 is 19.4 Å². The molecule has 7 heteroatoms. The molecule has 6 nitrogen and oxygen atoms in total. The van der Waals surface area contributed by atoms with Gasteiger partial charge in [-0.3, -0.25) is 9.59 Å². The van der Waals surface area contributed by atoms with E-state index in [9.17, 15) is 9.59 Å². The van der Waals surface area contributed by atoms with E-state index in [1.165, 1.54) is 11.3 Å². The van der Waals surface area contributed by atoms with Crippen molar-refractivity contribution in [3.63, 3.8) is 0 Å². The highest BCUT2D eigenvalue weighted by Crippen LogP contribution is 2.36. The Morgan fingerprint density at radius 1 is 0.838 bits per heavy atom. The van der Waals surface area contributed by atoms with Crippen molar-refractivity contribution in [3.8, 4) is 5.75 Å². The van der Waals surface area contributed by atoms with Crippen LogP contribution < -0.4 is 9.64 Å². The van der Waals surface area contributed by atoms with Crippen LogP contribution >= 0.6 is 11.6 Å². The zero-order chi connectivity index (χ0) is 25.9. The number of hydrogen-bond acceptors (Lipinski definition) is 4. The molecule has 2 fully saturated rings. The molecule has 37 heavy (non-hydrogen) atoms. The van der Waals surface area contributed by atoms with Gasteiger partial charge in [-0.2, -0.15) is 0 Å². The Morgan fingerprint density at radius 2 is 1.51 bits per heavy atom. The van der Waals surface area contributed by atoms with Crippen LogP contribution in [0, 0.1) is 12.8 Å². The number of amides is 2. The van der Waals surface area contributed by atoms with Crippen LogP contribution in [0.5, 0.6) is 5.75 Å². The fourth-order valence-electron chi connectivity index (χ4n) is 5.53. The number of nitrogens with zero attached hydrogens (tertiary/aromatic N) is 3. The minimum Gasteiger partial charge on any atom is -0.497 e. The summed E-state index contributed by atoms with van der Waals surface area (Å²) in [4.78, 5) is 33.4. The molecule has 2 unspecified atom stereocenters. The standard InChI is InChI=1S/C30H32ClN3O3/c1-21-7-3-6-10-28(21)32-15-17-33(18-16-32)30(36)26-20-34(29(35)24-8-4-5-9-27(24)31)19-25(26)22-11-13-23(37-2)14-12-22/h3-14,25-26H,15-20H2,1-2H3. The van der Waals surface area contributed by atoms with Crippen molar-refractivity contribution in [3.05, 3.63) is 94.5 Å². The van der Waals surface area contributed by atoms with Crippen LogP contribution in [0.3, 0.4) is 0 Å². The van der Waals surface area contributed by atoms with Gasteiger partial charge in [-0.25, -0.2) is 0 Å². The Hall–Kier alpha value is -3.51. The summed E-state index contributed by atoms with van der Waals surface area (Å²) in [6.45, 7) is 5.87. The highest BCUT2D eigenvalue weighted by molar-refractivity contribution is 6.33. The molecule has 3 aromatic rings. The average Bonchev–Trinajstić information content (AvgIpc) is 3.38. The summed E-state index contributed by atoms with van der Waals surface area (Å²) in [6.07, 6.45) is 0. The van der Waals surface area contributed by atoms with Crippen LogP contribution in [0.4, 0.5) is 5.69 Å². The number of carbonyl (C=O) groups excluding carboxylic acids is 2. The molecule has 0 aliphatic carbocycles. The maximum absolute atomic E-state index is 13.9. The summed E-state index contributed by atoms with van der Waals surface area (Å²) in [5.41, 5.74) is 3.97. The number of aryl methyl sites for hydroxylation is 1. The molecule has 0 aromatic heterocycles. The van der Waals surface area contributed by atoms with Gasteiger partial charge in [0.2, 0.25) is 5.91 Å². The largest absolute Gasteiger partial charge is 0.497 e. The van der Waals surface area contributed by atoms with Crippen LogP contribution in [-0.4, -0.2) is 68.0 Å². The molecule has 2 aliphatic heterocycles. The summed E-state index contributed by atoms with van der Waals surface area (Å²) in [6, 6.07) is 23.3. The van der Waals surface area contributed by atoms with Crippen molar-refractivity contribution in [2.75, 3.05) is 51.3 Å². The SMILES string of the molecule is COc1ccc(C2CN(C(=O)c3ccccc3Cl)CC2C(=O)N2CCN(c3ccccc3C)CC2)cc1. The first-order valence-electron chi connectivity index (χ1n) is 12.7. The number of hydrogen-bond donors (Lipinski definition) is 0. The van der Waals surface area contributed by atoms with Crippen LogP contribution in [0.15, 0.2) is 72.8 Å². The third-order valence-electron chi connectivity index (χ3n) is 7.62. The number of halogens is 1. The van der Waals surface area contributed by atoms with Crippen molar-refractivity contribution >= 4 is 29.1 Å². The van der Waals surface area contributed by atoms with Gasteiger partial charge in [0.1, 0.15) is 5.75 Å². The van der Waals surface area contributed by atoms with Crippen molar-refractivity contribution in [2.24, 2.45) is 5.92 Å². The molecule has 0 bridgehead atoms. The number of anilines is 1. The minimum atomic E-state index is -0.315. The molecule has 2 amide bonds. The van der Waals surface area contributed by atoms with Gasteiger partial charge in [0.05, 0.1) is 23.6 Å². The van der Waals surface area contributed by atoms with Crippen molar-refractivity contribution < 1.29 is 14.3 Å². The Labute approximate surface area is 223 Å². The van der Waals surface area contributed by atoms with E-state index in [1.54, 1.807) is 24.1 Å². The summed E-state index contributed by atoms with van der Waals surface area (Å²) in [5, 5.41) is 0.426. The van der Waals surface area contributed by atoms with Crippen LogP contribution in [0.1, 0.15) is 27.4 Å². The zero-order valence-electron chi connectivity index (χ0n) is 21.3. The molecular weight excluding hydrogens is 486 g/mol. The van der Waals surface area contributed by atoms with E-state index in [1.807, 2.05) is 47.4 Å². The fourth-order valence-corrected chi connectivity index (χ4v) is 5.75. The first-order valence-corrected chi connectivity index (χ1v) is 13.1. The smallest absolute Gasteiger partial charge is 0.255 e. The van der Waals surface area contributed by atoms with E-state index in [0.29, 0.717) is 36.8 Å². The molecule has 0 N–H and O–H groups in total. The van der Waals surface area contributed by atoms with Gasteiger partial charge in [0.25, 0.3) is 5.91 Å². The van der Waals surface area contributed by atoms with Crippen molar-refractivity contribution in [1.82, 2.24) is 9.80 Å². The number of para-hydroxylation sites is 1.